The first kappa shape index (κ1) is 16.5. The van der Waals surface area contributed by atoms with Gasteiger partial charge in [0.1, 0.15) is 0 Å². The van der Waals surface area contributed by atoms with Gasteiger partial charge in [-0.1, -0.05) is 29.8 Å². The second kappa shape index (κ2) is 7.30. The Balaban J connectivity index is 2.60. The zero-order chi connectivity index (χ0) is 14.5. The molecule has 0 N–H and O–H groups in total. The molecule has 0 fully saturated rings. The summed E-state index contributed by atoms with van der Waals surface area (Å²) in [6.07, 6.45) is 1.48. The van der Waals surface area contributed by atoms with Crippen molar-refractivity contribution >= 4 is 21.4 Å². The predicted octanol–water partition coefficient (Wildman–Crippen LogP) is 3.61. The van der Waals surface area contributed by atoms with Crippen molar-refractivity contribution in [2.45, 2.75) is 38.9 Å². The van der Waals surface area contributed by atoms with Crippen molar-refractivity contribution in [3.05, 3.63) is 35.4 Å². The molecule has 1 rings (SSSR count). The molecule has 1 aromatic rings. The van der Waals surface area contributed by atoms with Gasteiger partial charge in [-0.05, 0) is 45.1 Å². The number of aryl methyl sites for hydroxylation is 1. The van der Waals surface area contributed by atoms with Gasteiger partial charge in [0.15, 0.2) is 9.84 Å². The number of benzene rings is 1. The lowest BCUT2D eigenvalue weighted by Gasteiger charge is -2.15. The second-order valence-corrected chi connectivity index (χ2v) is 8.40. The van der Waals surface area contributed by atoms with Crippen LogP contribution in [-0.4, -0.2) is 25.3 Å². The Morgan fingerprint density at radius 1 is 1.26 bits per heavy atom. The molecule has 2 nitrogen and oxygen atoms in total. The van der Waals surface area contributed by atoms with Crippen molar-refractivity contribution in [2.75, 3.05) is 11.6 Å². The van der Waals surface area contributed by atoms with E-state index in [1.54, 1.807) is 13.8 Å². The first-order valence-electron chi connectivity index (χ1n) is 6.68. The summed E-state index contributed by atoms with van der Waals surface area (Å²) < 4.78 is 23.6. The van der Waals surface area contributed by atoms with Crippen LogP contribution >= 0.6 is 11.6 Å². The van der Waals surface area contributed by atoms with E-state index in [2.05, 4.69) is 25.1 Å². The minimum atomic E-state index is -2.96. The highest BCUT2D eigenvalue weighted by Crippen LogP contribution is 2.17. The Morgan fingerprint density at radius 3 is 2.47 bits per heavy atom. The second-order valence-electron chi connectivity index (χ2n) is 5.42. The lowest BCUT2D eigenvalue weighted by Crippen LogP contribution is -2.21. The maximum Gasteiger partial charge on any atom is 0.152 e. The quantitative estimate of drug-likeness (QED) is 0.721. The van der Waals surface area contributed by atoms with Gasteiger partial charge in [-0.25, -0.2) is 8.42 Å². The number of rotatable bonds is 7. The summed E-state index contributed by atoms with van der Waals surface area (Å²) in [4.78, 5) is 0. The van der Waals surface area contributed by atoms with Gasteiger partial charge in [0.2, 0.25) is 0 Å². The number of hydrogen-bond acceptors (Lipinski definition) is 2. The summed E-state index contributed by atoms with van der Waals surface area (Å²) in [7, 11) is -2.96. The monoisotopic (exact) mass is 302 g/mol. The van der Waals surface area contributed by atoms with E-state index in [1.165, 1.54) is 11.1 Å². The molecule has 0 radical (unpaired) electrons. The molecule has 0 amide bonds. The molecule has 1 aromatic carbocycles. The molecule has 0 saturated heterocycles. The average Bonchev–Trinajstić information content (AvgIpc) is 2.34. The topological polar surface area (TPSA) is 34.1 Å². The Kier molecular flexibility index (Phi) is 6.34. The Morgan fingerprint density at radius 2 is 1.95 bits per heavy atom. The van der Waals surface area contributed by atoms with Crippen molar-refractivity contribution in [1.29, 1.82) is 0 Å². The van der Waals surface area contributed by atoms with Gasteiger partial charge in [-0.15, -0.1) is 11.6 Å². The van der Waals surface area contributed by atoms with Gasteiger partial charge in [0, 0.05) is 5.88 Å². The Labute approximate surface area is 122 Å². The number of halogens is 1. The number of alkyl halides is 1. The van der Waals surface area contributed by atoms with E-state index in [1.807, 2.05) is 6.07 Å². The fourth-order valence-electron chi connectivity index (χ4n) is 1.97. The van der Waals surface area contributed by atoms with Gasteiger partial charge in [0.25, 0.3) is 0 Å². The molecule has 108 valence electrons. The summed E-state index contributed by atoms with van der Waals surface area (Å²) >= 11 is 5.97. The van der Waals surface area contributed by atoms with Crippen LogP contribution in [0.5, 0.6) is 0 Å². The molecule has 1 atom stereocenters. The van der Waals surface area contributed by atoms with E-state index in [-0.39, 0.29) is 16.9 Å². The lowest BCUT2D eigenvalue weighted by molar-refractivity contribution is 0.544. The van der Waals surface area contributed by atoms with Crippen LogP contribution in [-0.2, 0) is 16.3 Å². The van der Waals surface area contributed by atoms with Gasteiger partial charge in [0.05, 0.1) is 11.0 Å². The maximum absolute atomic E-state index is 11.8. The van der Waals surface area contributed by atoms with Crippen LogP contribution in [0.4, 0.5) is 0 Å². The average molecular weight is 303 g/mol. The van der Waals surface area contributed by atoms with Crippen LogP contribution in [0.15, 0.2) is 24.3 Å². The Hall–Kier alpha value is -0.540. The molecule has 0 aromatic heterocycles. The van der Waals surface area contributed by atoms with Crippen LogP contribution in [0.25, 0.3) is 0 Å². The van der Waals surface area contributed by atoms with E-state index >= 15 is 0 Å². The maximum atomic E-state index is 11.8. The predicted molar refractivity (Wildman–Crippen MR) is 82.6 cm³/mol. The molecule has 0 heterocycles. The molecule has 0 aliphatic rings. The third kappa shape index (κ3) is 5.53. The van der Waals surface area contributed by atoms with Gasteiger partial charge >= 0.3 is 0 Å². The van der Waals surface area contributed by atoms with Crippen molar-refractivity contribution in [1.82, 2.24) is 0 Å². The minimum Gasteiger partial charge on any atom is -0.229 e. The van der Waals surface area contributed by atoms with Crippen LogP contribution in [0.1, 0.15) is 31.4 Å². The van der Waals surface area contributed by atoms with Gasteiger partial charge < -0.3 is 0 Å². The van der Waals surface area contributed by atoms with Crippen molar-refractivity contribution in [3.63, 3.8) is 0 Å². The highest BCUT2D eigenvalue weighted by atomic mass is 35.5. The summed E-state index contributed by atoms with van der Waals surface area (Å²) in [5, 5.41) is -0.303. The summed E-state index contributed by atoms with van der Waals surface area (Å²) in [5.74, 6) is 0.951. The molecular formula is C15H23ClO2S. The highest BCUT2D eigenvalue weighted by molar-refractivity contribution is 7.91. The van der Waals surface area contributed by atoms with E-state index in [0.29, 0.717) is 12.3 Å². The van der Waals surface area contributed by atoms with Crippen molar-refractivity contribution in [2.24, 2.45) is 5.92 Å². The zero-order valence-corrected chi connectivity index (χ0v) is 13.5. The lowest BCUT2D eigenvalue weighted by atomic mass is 9.98. The number of hydrogen-bond donors (Lipinski definition) is 0. The fourth-order valence-corrected chi connectivity index (χ4v) is 3.37. The summed E-state index contributed by atoms with van der Waals surface area (Å²) in [5.41, 5.74) is 2.45. The highest BCUT2D eigenvalue weighted by Gasteiger charge is 2.19. The molecule has 0 aliphatic carbocycles. The normalized spacial score (nSPS) is 13.7. The van der Waals surface area contributed by atoms with E-state index in [0.717, 1.165) is 6.42 Å². The standard InChI is InChI=1S/C15H23ClO2S/c1-12(2)19(17,18)8-7-15(11-16)10-14-6-4-5-13(3)9-14/h4-6,9,12,15H,7-8,10-11H2,1-3H3. The van der Waals surface area contributed by atoms with Crippen LogP contribution in [0, 0.1) is 12.8 Å². The molecule has 0 saturated carbocycles. The Bertz CT molecular complexity index is 495. The zero-order valence-electron chi connectivity index (χ0n) is 11.9. The first-order chi connectivity index (χ1) is 8.85. The van der Waals surface area contributed by atoms with Crippen LogP contribution in [0.3, 0.4) is 0 Å². The van der Waals surface area contributed by atoms with Crippen LogP contribution in [0.2, 0.25) is 0 Å². The SMILES string of the molecule is Cc1cccc(CC(CCl)CCS(=O)(=O)C(C)C)c1. The third-order valence-electron chi connectivity index (χ3n) is 3.35. The van der Waals surface area contributed by atoms with Crippen LogP contribution < -0.4 is 0 Å². The minimum absolute atomic E-state index is 0.219. The van der Waals surface area contributed by atoms with Gasteiger partial charge in [-0.2, -0.15) is 0 Å². The van der Waals surface area contributed by atoms with Gasteiger partial charge in [-0.3, -0.25) is 0 Å². The largest absolute Gasteiger partial charge is 0.229 e. The van der Waals surface area contributed by atoms with E-state index in [9.17, 15) is 8.42 Å². The molecule has 19 heavy (non-hydrogen) atoms. The third-order valence-corrected chi connectivity index (χ3v) is 6.03. The molecule has 0 aliphatic heterocycles. The molecule has 1 unspecified atom stereocenters. The number of sulfone groups is 1. The van der Waals surface area contributed by atoms with Crippen molar-refractivity contribution < 1.29 is 8.42 Å². The molecule has 0 bridgehead atoms. The van der Waals surface area contributed by atoms with E-state index < -0.39 is 9.84 Å². The van der Waals surface area contributed by atoms with Crippen molar-refractivity contribution in [3.8, 4) is 0 Å². The summed E-state index contributed by atoms with van der Waals surface area (Å²) in [6.45, 7) is 5.51. The molecule has 4 heteroatoms. The van der Waals surface area contributed by atoms with E-state index in [4.69, 9.17) is 11.6 Å². The smallest absolute Gasteiger partial charge is 0.152 e. The summed E-state index contributed by atoms with van der Waals surface area (Å²) in [6, 6.07) is 8.29. The molecule has 0 spiro atoms. The molecular weight excluding hydrogens is 280 g/mol. The fraction of sp³-hybridized carbons (Fsp3) is 0.600. The first-order valence-corrected chi connectivity index (χ1v) is 8.93.